The quantitative estimate of drug-likeness (QED) is 0.539. The molecule has 4 rings (SSSR count). The highest BCUT2D eigenvalue weighted by Gasteiger charge is 2.20. The van der Waals surface area contributed by atoms with Gasteiger partial charge in [-0.1, -0.05) is 6.07 Å². The summed E-state index contributed by atoms with van der Waals surface area (Å²) in [6.07, 6.45) is 2.07. The fourth-order valence-electron chi connectivity index (χ4n) is 3.47. The van der Waals surface area contributed by atoms with Crippen molar-refractivity contribution in [1.29, 1.82) is 0 Å². The highest BCUT2D eigenvalue weighted by molar-refractivity contribution is 5.95. The first kappa shape index (κ1) is 19.6. The van der Waals surface area contributed by atoms with Crippen molar-refractivity contribution in [2.24, 2.45) is 0 Å². The smallest absolute Gasteiger partial charge is 0.232 e. The van der Waals surface area contributed by atoms with Crippen LogP contribution < -0.4 is 4.90 Å². The zero-order valence-electron chi connectivity index (χ0n) is 17.1. The van der Waals surface area contributed by atoms with Crippen LogP contribution in [0.2, 0.25) is 0 Å². The van der Waals surface area contributed by atoms with Crippen molar-refractivity contribution in [2.45, 2.75) is 20.3 Å². The molecule has 0 saturated carbocycles. The van der Waals surface area contributed by atoms with Gasteiger partial charge in [-0.3, -0.25) is 4.79 Å². The maximum absolute atomic E-state index is 13.8. The van der Waals surface area contributed by atoms with E-state index in [1.807, 2.05) is 29.7 Å². The van der Waals surface area contributed by atoms with E-state index in [9.17, 15) is 14.3 Å². The van der Waals surface area contributed by atoms with Crippen molar-refractivity contribution < 1.29 is 14.3 Å². The molecular weight excluding hydrogens is 381 g/mol. The number of aromatic nitrogens is 2. The number of carbonyl (C=O) groups excluding carboxylic acids is 1. The Morgan fingerprint density at radius 2 is 1.83 bits per heavy atom. The number of nitrogens with zero attached hydrogens (tertiary/aromatic N) is 3. The monoisotopic (exact) mass is 403 g/mol. The molecule has 152 valence electrons. The van der Waals surface area contributed by atoms with Crippen LogP contribution in [0.5, 0.6) is 5.75 Å². The van der Waals surface area contributed by atoms with E-state index >= 15 is 0 Å². The molecule has 0 atom stereocenters. The van der Waals surface area contributed by atoms with Gasteiger partial charge >= 0.3 is 0 Å². The largest absolute Gasteiger partial charge is 0.508 e. The summed E-state index contributed by atoms with van der Waals surface area (Å²) in [6.45, 7) is 3.69. The molecule has 0 aliphatic heterocycles. The summed E-state index contributed by atoms with van der Waals surface area (Å²) >= 11 is 0. The minimum atomic E-state index is -0.275. The molecule has 1 amide bonds. The molecule has 0 fully saturated rings. The highest BCUT2D eigenvalue weighted by Crippen LogP contribution is 2.28. The number of likely N-dealkylation sites (N-methyl/N-ethyl adjacent to an activating group) is 1. The van der Waals surface area contributed by atoms with Crippen molar-refractivity contribution in [3.05, 3.63) is 83.4 Å². The SMILES string of the molecule is Cc1ccc2nc(-c3ccc(F)c(C)c3)c(CC(=O)N(C)c3ccc(O)cc3)n2c1. The first-order valence-electron chi connectivity index (χ1n) is 9.63. The third-order valence-corrected chi connectivity index (χ3v) is 5.23. The van der Waals surface area contributed by atoms with E-state index in [0.29, 0.717) is 16.9 Å². The lowest BCUT2D eigenvalue weighted by atomic mass is 10.1. The molecule has 2 heterocycles. The number of aromatic hydroxyl groups is 1. The number of anilines is 1. The lowest BCUT2D eigenvalue weighted by Gasteiger charge is -2.18. The number of benzene rings is 2. The van der Waals surface area contributed by atoms with E-state index in [1.54, 1.807) is 55.3 Å². The number of hydrogen-bond acceptors (Lipinski definition) is 3. The van der Waals surface area contributed by atoms with E-state index in [4.69, 9.17) is 4.98 Å². The van der Waals surface area contributed by atoms with E-state index in [1.165, 1.54) is 6.07 Å². The van der Waals surface area contributed by atoms with E-state index in [0.717, 1.165) is 22.5 Å². The highest BCUT2D eigenvalue weighted by atomic mass is 19.1. The number of phenols is 1. The molecule has 0 aliphatic rings. The minimum absolute atomic E-state index is 0.119. The third-order valence-electron chi connectivity index (χ3n) is 5.23. The molecule has 4 aromatic rings. The van der Waals surface area contributed by atoms with Crippen molar-refractivity contribution in [3.63, 3.8) is 0 Å². The summed E-state index contributed by atoms with van der Waals surface area (Å²) in [7, 11) is 1.70. The van der Waals surface area contributed by atoms with E-state index in [-0.39, 0.29) is 23.9 Å². The molecule has 0 unspecified atom stereocenters. The van der Waals surface area contributed by atoms with Gasteiger partial charge in [0, 0.05) is 24.5 Å². The van der Waals surface area contributed by atoms with Crippen LogP contribution in [-0.2, 0) is 11.2 Å². The van der Waals surface area contributed by atoms with Crippen molar-refractivity contribution in [1.82, 2.24) is 9.38 Å². The Morgan fingerprint density at radius 3 is 2.53 bits per heavy atom. The van der Waals surface area contributed by atoms with Crippen LogP contribution in [-0.4, -0.2) is 27.4 Å². The van der Waals surface area contributed by atoms with Crippen LogP contribution in [0, 0.1) is 19.7 Å². The number of fused-ring (bicyclic) bond motifs is 1. The fraction of sp³-hybridized carbons (Fsp3) is 0.167. The molecule has 0 bridgehead atoms. The Morgan fingerprint density at radius 1 is 1.10 bits per heavy atom. The zero-order chi connectivity index (χ0) is 21.4. The second-order valence-corrected chi connectivity index (χ2v) is 7.45. The zero-order valence-corrected chi connectivity index (χ0v) is 17.1. The minimum Gasteiger partial charge on any atom is -0.508 e. The normalized spacial score (nSPS) is 11.1. The van der Waals surface area contributed by atoms with Crippen LogP contribution in [0.3, 0.4) is 0 Å². The lowest BCUT2D eigenvalue weighted by Crippen LogP contribution is -2.28. The molecule has 2 aromatic carbocycles. The van der Waals surface area contributed by atoms with Crippen LogP contribution in [0.25, 0.3) is 16.9 Å². The lowest BCUT2D eigenvalue weighted by molar-refractivity contribution is -0.117. The number of pyridine rings is 1. The van der Waals surface area contributed by atoms with Crippen LogP contribution in [0.15, 0.2) is 60.8 Å². The third kappa shape index (κ3) is 3.64. The van der Waals surface area contributed by atoms with Gasteiger partial charge in [0.2, 0.25) is 5.91 Å². The van der Waals surface area contributed by atoms with Gasteiger partial charge < -0.3 is 14.4 Å². The Balaban J connectivity index is 1.78. The standard InChI is InChI=1S/C24H22FN3O2/c1-15-4-11-22-26-24(17-5-10-20(25)16(2)12-17)21(28(22)14-15)13-23(30)27(3)18-6-8-19(29)9-7-18/h4-12,14,29H,13H2,1-3H3. The number of hydrogen-bond donors (Lipinski definition) is 1. The summed E-state index contributed by atoms with van der Waals surface area (Å²) in [5, 5.41) is 9.49. The van der Waals surface area contributed by atoms with Gasteiger partial charge in [0.1, 0.15) is 17.2 Å². The molecule has 0 spiro atoms. The van der Waals surface area contributed by atoms with Gasteiger partial charge in [-0.05, 0) is 73.5 Å². The number of aryl methyl sites for hydroxylation is 2. The Bertz CT molecular complexity index is 1250. The van der Waals surface area contributed by atoms with E-state index in [2.05, 4.69) is 0 Å². The van der Waals surface area contributed by atoms with Crippen molar-refractivity contribution in [2.75, 3.05) is 11.9 Å². The molecular formula is C24H22FN3O2. The Labute approximate surface area is 174 Å². The number of rotatable bonds is 4. The van der Waals surface area contributed by atoms with Crippen molar-refractivity contribution >= 4 is 17.2 Å². The summed E-state index contributed by atoms with van der Waals surface area (Å²) in [4.78, 5) is 19.4. The predicted molar refractivity (Wildman–Crippen MR) is 115 cm³/mol. The molecule has 6 heteroatoms. The average Bonchev–Trinajstić information content (AvgIpc) is 3.07. The Hall–Kier alpha value is -3.67. The molecule has 0 radical (unpaired) electrons. The maximum Gasteiger partial charge on any atom is 0.232 e. The summed E-state index contributed by atoms with van der Waals surface area (Å²) in [6, 6.07) is 15.2. The molecule has 0 saturated heterocycles. The van der Waals surface area contributed by atoms with Gasteiger partial charge in [0.25, 0.3) is 0 Å². The van der Waals surface area contributed by atoms with E-state index < -0.39 is 0 Å². The number of halogens is 1. The summed E-state index contributed by atoms with van der Waals surface area (Å²) in [5.74, 6) is -0.252. The van der Waals surface area contributed by atoms with Gasteiger partial charge in [0.15, 0.2) is 0 Å². The second-order valence-electron chi connectivity index (χ2n) is 7.45. The van der Waals surface area contributed by atoms with Gasteiger partial charge in [0.05, 0.1) is 17.8 Å². The molecule has 30 heavy (non-hydrogen) atoms. The Kier molecular flexibility index (Phi) is 4.99. The summed E-state index contributed by atoms with van der Waals surface area (Å²) < 4.78 is 15.7. The number of phenolic OH excluding ortho intramolecular Hbond substituents is 1. The number of imidazole rings is 1. The second kappa shape index (κ2) is 7.63. The van der Waals surface area contributed by atoms with Gasteiger partial charge in [-0.25, -0.2) is 9.37 Å². The average molecular weight is 403 g/mol. The van der Waals surface area contributed by atoms with Crippen LogP contribution >= 0.6 is 0 Å². The van der Waals surface area contributed by atoms with Gasteiger partial charge in [-0.2, -0.15) is 0 Å². The molecule has 5 nitrogen and oxygen atoms in total. The maximum atomic E-state index is 13.8. The van der Waals surface area contributed by atoms with Crippen LogP contribution in [0.1, 0.15) is 16.8 Å². The van der Waals surface area contributed by atoms with Gasteiger partial charge in [-0.15, -0.1) is 0 Å². The molecule has 2 aromatic heterocycles. The topological polar surface area (TPSA) is 57.8 Å². The number of amides is 1. The number of carbonyl (C=O) groups is 1. The predicted octanol–water partition coefficient (Wildman–Crippen LogP) is 4.67. The fourth-order valence-corrected chi connectivity index (χ4v) is 3.47. The summed E-state index contributed by atoms with van der Waals surface area (Å²) in [5.41, 5.74) is 5.16. The first-order chi connectivity index (χ1) is 14.3. The van der Waals surface area contributed by atoms with Crippen LogP contribution in [0.4, 0.5) is 10.1 Å². The molecule has 1 N–H and O–H groups in total. The van der Waals surface area contributed by atoms with Crippen molar-refractivity contribution in [3.8, 4) is 17.0 Å². The first-order valence-corrected chi connectivity index (χ1v) is 9.63. The molecule has 0 aliphatic carbocycles.